The van der Waals surface area contributed by atoms with Crippen molar-refractivity contribution in [3.8, 4) is 0 Å². The van der Waals surface area contributed by atoms with E-state index < -0.39 is 67.0 Å². The number of ether oxygens (including phenoxy) is 3. The molecule has 1 aliphatic heterocycles. The van der Waals surface area contributed by atoms with E-state index in [0.717, 1.165) is 97.8 Å². The molecule has 10 nitrogen and oxygen atoms in total. The Morgan fingerprint density at radius 1 is 0.475 bits per heavy atom. The van der Waals surface area contributed by atoms with Crippen molar-refractivity contribution in [2.24, 2.45) is 0 Å². The number of unbranched alkanes of at least 4 members (excludes halogenated alkanes) is 27. The molecule has 0 aromatic heterocycles. The topological polar surface area (TPSA) is 157 Å². The molecule has 1 fully saturated rings. The van der Waals surface area contributed by atoms with Gasteiger partial charge in [0.25, 0.3) is 0 Å². The second-order valence-corrected chi connectivity index (χ2v) is 23.5. The molecule has 11 heteroatoms. The quantitative estimate of drug-likeness (QED) is 0.0308. The number of carbonyl (C=O) groups is 4. The number of hydrogen-bond acceptors (Lipinski definition) is 10. The molecule has 0 aromatic rings. The molecule has 0 radical (unpaired) electrons. The number of rotatable bonds is 39. The van der Waals surface area contributed by atoms with Gasteiger partial charge in [0, 0.05) is 13.8 Å². The predicted molar refractivity (Wildman–Crippen MR) is 249 cm³/mol. The third kappa shape index (κ3) is 18.4. The van der Waals surface area contributed by atoms with Crippen molar-refractivity contribution in [2.75, 3.05) is 6.61 Å². The summed E-state index contributed by atoms with van der Waals surface area (Å²) in [4.78, 5) is 52.7. The average Bonchev–Trinajstić information content (AvgIpc) is 3.21. The van der Waals surface area contributed by atoms with Gasteiger partial charge in [-0.25, -0.2) is 0 Å². The first-order chi connectivity index (χ1) is 29.1. The van der Waals surface area contributed by atoms with Crippen molar-refractivity contribution in [2.45, 2.75) is 288 Å². The van der Waals surface area contributed by atoms with Crippen LogP contribution in [-0.4, -0.2) is 82.3 Å². The molecule has 0 aromatic carbocycles. The SMILES string of the molecule is CCCCCCCCCCCC[Si](CCCCCCCCCCCC)(CCCCCCCCCCCC)[C@@]1(O)O[C@H](COC(C)=O)[C@@H](OC(C)=O)[C@@](O)(C(C)=O)[C@]1(O)C(C)=O. The second kappa shape index (κ2) is 32.1. The monoisotopic (exact) mass is 883 g/mol. The highest BCUT2D eigenvalue weighted by molar-refractivity contribution is 6.82. The standard InChI is InChI=1S/C50H94O10Si/c1-8-11-14-17-20-23-26-29-32-35-38-61(39-36-33-30-27-24-21-18-15-12-9-2,40-37-34-31-28-25-22-19-16-13-10-3)50(57)49(56,43(5)52)48(55,42(4)51)47(59-45(7)54)46(60-50)41-58-44(6)53/h46-47,55-57H,8-41H2,1-7H3/t46-,47-,48+,49-,50+/m1/s1. The predicted octanol–water partition coefficient (Wildman–Crippen LogP) is 12.0. The zero-order valence-electron chi connectivity index (χ0n) is 40.4. The van der Waals surface area contributed by atoms with Crippen LogP contribution in [0.5, 0.6) is 0 Å². The number of carbonyl (C=O) groups excluding carboxylic acids is 4. The lowest BCUT2D eigenvalue weighted by atomic mass is 9.69. The van der Waals surface area contributed by atoms with Crippen LogP contribution >= 0.6 is 0 Å². The maximum atomic E-state index is 14.1. The summed E-state index contributed by atoms with van der Waals surface area (Å²) in [6, 6.07) is 1.53. The zero-order valence-corrected chi connectivity index (χ0v) is 41.4. The molecular weight excluding hydrogens is 789 g/mol. The summed E-state index contributed by atoms with van der Waals surface area (Å²) in [5.74, 6) is -3.67. The Balaban J connectivity index is 3.69. The summed E-state index contributed by atoms with van der Waals surface area (Å²) in [6.07, 6.45) is 30.0. The van der Waals surface area contributed by atoms with Crippen LogP contribution in [0.4, 0.5) is 0 Å². The van der Waals surface area contributed by atoms with Gasteiger partial charge >= 0.3 is 11.9 Å². The Morgan fingerprint density at radius 3 is 1.05 bits per heavy atom. The van der Waals surface area contributed by atoms with Crippen LogP contribution in [0.3, 0.4) is 0 Å². The highest BCUT2D eigenvalue weighted by Gasteiger charge is 2.81. The fraction of sp³-hybridized carbons (Fsp3) is 0.920. The molecule has 1 aliphatic rings. The van der Waals surface area contributed by atoms with Gasteiger partial charge in [0.2, 0.25) is 11.2 Å². The molecule has 0 unspecified atom stereocenters. The lowest BCUT2D eigenvalue weighted by Crippen LogP contribution is -2.89. The minimum atomic E-state index is -3.52. The van der Waals surface area contributed by atoms with Crippen LogP contribution in [0, 0.1) is 0 Å². The third-order valence-corrected chi connectivity index (χ3v) is 19.5. The summed E-state index contributed by atoms with van der Waals surface area (Å²) in [5, 5.41) is 39.2. The van der Waals surface area contributed by atoms with Crippen molar-refractivity contribution < 1.29 is 48.7 Å². The number of Topliss-reactive ketones (excluding diaryl/α,β-unsaturated/α-hetero) is 2. The molecule has 0 amide bonds. The molecule has 3 N–H and O–H groups in total. The molecule has 1 rings (SSSR count). The minimum Gasteiger partial charge on any atom is -0.463 e. The van der Waals surface area contributed by atoms with E-state index in [1.54, 1.807) is 0 Å². The van der Waals surface area contributed by atoms with Gasteiger partial charge in [-0.15, -0.1) is 0 Å². The number of hydrogen-bond donors (Lipinski definition) is 3. The molecular formula is C50H94O10Si. The van der Waals surface area contributed by atoms with Crippen LogP contribution < -0.4 is 0 Å². The van der Waals surface area contributed by atoms with Crippen LogP contribution in [0.2, 0.25) is 18.1 Å². The van der Waals surface area contributed by atoms with E-state index >= 15 is 0 Å². The number of aliphatic hydroxyl groups is 3. The van der Waals surface area contributed by atoms with E-state index in [9.17, 15) is 34.5 Å². The van der Waals surface area contributed by atoms with E-state index in [0.29, 0.717) is 18.1 Å². The van der Waals surface area contributed by atoms with Gasteiger partial charge < -0.3 is 29.5 Å². The molecule has 0 aliphatic carbocycles. The molecule has 0 spiro atoms. The lowest BCUT2D eigenvalue weighted by Gasteiger charge is -2.62. The van der Waals surface area contributed by atoms with Crippen molar-refractivity contribution in [3.05, 3.63) is 0 Å². The van der Waals surface area contributed by atoms with Gasteiger partial charge in [0.15, 0.2) is 23.1 Å². The summed E-state index contributed by atoms with van der Waals surface area (Å²) in [5.41, 5.74) is -8.93. The Hall–Kier alpha value is -1.66. The van der Waals surface area contributed by atoms with Crippen molar-refractivity contribution in [1.82, 2.24) is 0 Å². The van der Waals surface area contributed by atoms with Crippen molar-refractivity contribution in [1.29, 1.82) is 0 Å². The average molecular weight is 883 g/mol. The molecule has 61 heavy (non-hydrogen) atoms. The smallest absolute Gasteiger partial charge is 0.303 e. The molecule has 1 saturated heterocycles. The molecule has 5 atom stereocenters. The number of esters is 2. The first-order valence-electron chi connectivity index (χ1n) is 25.3. The van der Waals surface area contributed by atoms with E-state index in [1.165, 1.54) is 122 Å². The second-order valence-electron chi connectivity index (χ2n) is 18.8. The Morgan fingerprint density at radius 2 is 0.787 bits per heavy atom. The highest BCUT2D eigenvalue weighted by atomic mass is 28.3. The largest absolute Gasteiger partial charge is 0.463 e. The summed E-state index contributed by atoms with van der Waals surface area (Å²) >= 11 is 0. The van der Waals surface area contributed by atoms with E-state index in [2.05, 4.69) is 20.8 Å². The lowest BCUT2D eigenvalue weighted by molar-refractivity contribution is -0.365. The summed E-state index contributed by atoms with van der Waals surface area (Å²) in [6.45, 7) is 10.5. The summed E-state index contributed by atoms with van der Waals surface area (Å²) < 4.78 is 17.5. The van der Waals surface area contributed by atoms with Crippen LogP contribution in [0.1, 0.15) is 241 Å². The maximum absolute atomic E-state index is 14.1. The number of ketones is 2. The highest BCUT2D eigenvalue weighted by Crippen LogP contribution is 2.54. The fourth-order valence-electron chi connectivity index (χ4n) is 9.97. The fourth-order valence-corrected chi connectivity index (χ4v) is 16.0. The maximum Gasteiger partial charge on any atom is 0.303 e. The van der Waals surface area contributed by atoms with Gasteiger partial charge in [0.05, 0.1) is 0 Å². The van der Waals surface area contributed by atoms with Gasteiger partial charge in [-0.1, -0.05) is 232 Å². The Kier molecular flexibility index (Phi) is 30.1. The minimum absolute atomic E-state index is 0.511. The van der Waals surface area contributed by atoms with Gasteiger partial charge in [-0.3, -0.25) is 19.2 Å². The first kappa shape index (κ1) is 57.4. The van der Waals surface area contributed by atoms with Crippen molar-refractivity contribution in [3.63, 3.8) is 0 Å². The van der Waals surface area contributed by atoms with Crippen LogP contribution in [0.25, 0.3) is 0 Å². The molecule has 358 valence electrons. The van der Waals surface area contributed by atoms with Crippen LogP contribution in [-0.2, 0) is 33.4 Å². The van der Waals surface area contributed by atoms with Crippen molar-refractivity contribution >= 4 is 31.6 Å². The Labute approximate surface area is 373 Å². The first-order valence-corrected chi connectivity index (χ1v) is 27.9. The van der Waals surface area contributed by atoms with E-state index in [-0.39, 0.29) is 0 Å². The summed E-state index contributed by atoms with van der Waals surface area (Å²) in [7, 11) is -3.52. The normalized spacial score (nSPS) is 22.9. The van der Waals surface area contributed by atoms with Gasteiger partial charge in [-0.05, 0) is 13.8 Å². The molecule has 1 heterocycles. The van der Waals surface area contributed by atoms with Crippen LogP contribution in [0.15, 0.2) is 0 Å². The molecule has 0 bridgehead atoms. The zero-order chi connectivity index (χ0) is 45.6. The van der Waals surface area contributed by atoms with E-state index in [4.69, 9.17) is 14.2 Å². The van der Waals surface area contributed by atoms with Gasteiger partial charge in [-0.2, -0.15) is 0 Å². The Bertz CT molecular complexity index is 1150. The third-order valence-electron chi connectivity index (χ3n) is 13.6. The van der Waals surface area contributed by atoms with Gasteiger partial charge in [0.1, 0.15) is 20.8 Å². The molecule has 0 saturated carbocycles. The van der Waals surface area contributed by atoms with E-state index in [1.807, 2.05) is 0 Å².